The van der Waals surface area contributed by atoms with E-state index in [0.717, 1.165) is 6.42 Å². The Labute approximate surface area is 125 Å². The molecular weight excluding hydrogens is 292 g/mol. The van der Waals surface area contributed by atoms with Crippen LogP contribution in [0.3, 0.4) is 0 Å². The second kappa shape index (κ2) is 5.43. The molecule has 9 heteroatoms. The minimum atomic E-state index is -1.27. The summed E-state index contributed by atoms with van der Waals surface area (Å²) in [5.74, 6) is 0.00427. The molecule has 2 atom stereocenters. The van der Waals surface area contributed by atoms with Crippen molar-refractivity contribution >= 4 is 23.0 Å². The molecule has 2 heterocycles. The number of nitrogens with one attached hydrogen (secondary N) is 2. The SMILES string of the molecule is O=C1CCCN1Cc1cc([N+](=O)[O-])cc2c1NC(O)C(O)N2. The summed E-state index contributed by atoms with van der Waals surface area (Å²) in [5.41, 5.74) is 1.17. The molecule has 9 nitrogen and oxygen atoms in total. The number of carbonyl (C=O) groups excluding carboxylic acids is 1. The first-order chi connectivity index (χ1) is 10.5. The van der Waals surface area contributed by atoms with Gasteiger partial charge in [-0.3, -0.25) is 14.9 Å². The Balaban J connectivity index is 1.99. The highest BCUT2D eigenvalue weighted by Crippen LogP contribution is 2.36. The Morgan fingerprint density at radius 3 is 2.68 bits per heavy atom. The topological polar surface area (TPSA) is 128 Å². The molecule has 0 saturated carbocycles. The van der Waals surface area contributed by atoms with Gasteiger partial charge in [0.05, 0.1) is 16.3 Å². The Morgan fingerprint density at radius 2 is 2.05 bits per heavy atom. The number of nitrogens with zero attached hydrogens (tertiary/aromatic N) is 2. The summed E-state index contributed by atoms with van der Waals surface area (Å²) in [7, 11) is 0. The average Bonchev–Trinajstić information content (AvgIpc) is 2.86. The fourth-order valence-corrected chi connectivity index (χ4v) is 2.74. The van der Waals surface area contributed by atoms with Gasteiger partial charge in [0.25, 0.3) is 5.69 Å². The second-order valence-electron chi connectivity index (χ2n) is 5.38. The molecule has 0 radical (unpaired) electrons. The van der Waals surface area contributed by atoms with Gasteiger partial charge in [-0.25, -0.2) is 0 Å². The van der Waals surface area contributed by atoms with Crippen molar-refractivity contribution in [2.24, 2.45) is 0 Å². The van der Waals surface area contributed by atoms with E-state index in [2.05, 4.69) is 10.6 Å². The number of nitro groups is 1. The fraction of sp³-hybridized carbons (Fsp3) is 0.462. The lowest BCUT2D eigenvalue weighted by atomic mass is 10.1. The number of carbonyl (C=O) groups is 1. The maximum atomic E-state index is 11.7. The summed E-state index contributed by atoms with van der Waals surface area (Å²) in [6, 6.07) is 2.66. The molecule has 1 saturated heterocycles. The molecule has 3 rings (SSSR count). The zero-order valence-corrected chi connectivity index (χ0v) is 11.7. The van der Waals surface area contributed by atoms with Crippen molar-refractivity contribution in [3.63, 3.8) is 0 Å². The third-order valence-electron chi connectivity index (χ3n) is 3.84. The van der Waals surface area contributed by atoms with Crippen molar-refractivity contribution in [1.29, 1.82) is 0 Å². The highest BCUT2D eigenvalue weighted by atomic mass is 16.6. The first-order valence-electron chi connectivity index (χ1n) is 6.94. The van der Waals surface area contributed by atoms with E-state index in [1.54, 1.807) is 4.90 Å². The van der Waals surface area contributed by atoms with E-state index in [-0.39, 0.29) is 18.1 Å². The van der Waals surface area contributed by atoms with Gasteiger partial charge in [-0.05, 0) is 6.42 Å². The number of fused-ring (bicyclic) bond motifs is 1. The molecule has 1 fully saturated rings. The molecule has 1 aromatic rings. The van der Waals surface area contributed by atoms with E-state index in [9.17, 15) is 25.1 Å². The molecule has 22 heavy (non-hydrogen) atoms. The smallest absolute Gasteiger partial charge is 0.271 e. The van der Waals surface area contributed by atoms with Gasteiger partial charge in [-0.15, -0.1) is 0 Å². The zero-order chi connectivity index (χ0) is 15.9. The van der Waals surface area contributed by atoms with Crippen molar-refractivity contribution in [2.75, 3.05) is 17.2 Å². The van der Waals surface area contributed by atoms with Crippen LogP contribution in [-0.2, 0) is 11.3 Å². The van der Waals surface area contributed by atoms with E-state index < -0.39 is 17.4 Å². The van der Waals surface area contributed by atoms with Crippen molar-refractivity contribution in [3.05, 3.63) is 27.8 Å². The van der Waals surface area contributed by atoms with Gasteiger partial charge >= 0.3 is 0 Å². The van der Waals surface area contributed by atoms with Crippen LogP contribution in [0.2, 0.25) is 0 Å². The highest BCUT2D eigenvalue weighted by Gasteiger charge is 2.29. The van der Waals surface area contributed by atoms with Crippen LogP contribution >= 0.6 is 0 Å². The van der Waals surface area contributed by atoms with Crippen LogP contribution in [0.15, 0.2) is 12.1 Å². The lowest BCUT2D eigenvalue weighted by molar-refractivity contribution is -0.384. The molecule has 2 aliphatic rings. The van der Waals surface area contributed by atoms with Crippen molar-refractivity contribution < 1.29 is 19.9 Å². The van der Waals surface area contributed by atoms with Crippen molar-refractivity contribution in [2.45, 2.75) is 31.8 Å². The van der Waals surface area contributed by atoms with E-state index >= 15 is 0 Å². The summed E-state index contributed by atoms with van der Waals surface area (Å²) >= 11 is 0. The van der Waals surface area contributed by atoms with Gasteiger partial charge in [0, 0.05) is 37.2 Å². The van der Waals surface area contributed by atoms with E-state index in [0.29, 0.717) is 29.9 Å². The number of amides is 1. The zero-order valence-electron chi connectivity index (χ0n) is 11.7. The molecule has 118 valence electrons. The molecule has 0 bridgehead atoms. The number of likely N-dealkylation sites (tertiary alicyclic amines) is 1. The van der Waals surface area contributed by atoms with Crippen LogP contribution in [0.4, 0.5) is 17.1 Å². The van der Waals surface area contributed by atoms with E-state index in [1.165, 1.54) is 12.1 Å². The average molecular weight is 308 g/mol. The van der Waals surface area contributed by atoms with Gasteiger partial charge in [0.1, 0.15) is 0 Å². The number of hydrogen-bond acceptors (Lipinski definition) is 7. The lowest BCUT2D eigenvalue weighted by Gasteiger charge is -2.31. The normalized spacial score (nSPS) is 23.7. The standard InChI is InChI=1S/C13H16N4O5/c18-10-2-1-3-16(10)6-7-4-8(17(21)22)5-9-11(7)15-13(20)12(19)14-9/h4-5,12-15,19-20H,1-3,6H2. The summed E-state index contributed by atoms with van der Waals surface area (Å²) in [5, 5.41) is 35.7. The van der Waals surface area contributed by atoms with Crippen LogP contribution in [0.1, 0.15) is 18.4 Å². The minimum absolute atomic E-state index is 0.00427. The molecule has 0 aliphatic carbocycles. The summed E-state index contributed by atoms with van der Waals surface area (Å²) in [6.07, 6.45) is -1.26. The number of non-ortho nitro benzene ring substituents is 1. The lowest BCUT2D eigenvalue weighted by Crippen LogP contribution is -2.43. The molecule has 1 amide bonds. The minimum Gasteiger partial charge on any atom is -0.369 e. The third kappa shape index (κ3) is 2.55. The molecule has 0 spiro atoms. The van der Waals surface area contributed by atoms with Crippen LogP contribution in [-0.4, -0.2) is 44.9 Å². The Bertz CT molecular complexity index is 635. The summed E-state index contributed by atoms with van der Waals surface area (Å²) < 4.78 is 0. The molecule has 1 aromatic carbocycles. The van der Waals surface area contributed by atoms with Crippen LogP contribution in [0, 0.1) is 10.1 Å². The highest BCUT2D eigenvalue weighted by molar-refractivity contribution is 5.81. The number of hydrogen-bond donors (Lipinski definition) is 4. The summed E-state index contributed by atoms with van der Waals surface area (Å²) in [6.45, 7) is 0.829. The van der Waals surface area contributed by atoms with Gasteiger partial charge in [-0.1, -0.05) is 0 Å². The largest absolute Gasteiger partial charge is 0.369 e. The maximum absolute atomic E-state index is 11.7. The Morgan fingerprint density at radius 1 is 1.32 bits per heavy atom. The Hall–Kier alpha value is -2.39. The van der Waals surface area contributed by atoms with Gasteiger partial charge < -0.3 is 25.7 Å². The number of aliphatic hydroxyl groups excluding tert-OH is 2. The van der Waals surface area contributed by atoms with E-state index in [1.807, 2.05) is 0 Å². The number of nitro benzene ring substituents is 1. The predicted octanol–water partition coefficient (Wildman–Crippen LogP) is 0.191. The summed E-state index contributed by atoms with van der Waals surface area (Å²) in [4.78, 5) is 23.9. The molecule has 2 aliphatic heterocycles. The quantitative estimate of drug-likeness (QED) is 0.463. The second-order valence-corrected chi connectivity index (χ2v) is 5.38. The monoisotopic (exact) mass is 308 g/mol. The number of anilines is 2. The first kappa shape index (κ1) is 14.5. The third-order valence-corrected chi connectivity index (χ3v) is 3.84. The van der Waals surface area contributed by atoms with E-state index in [4.69, 9.17) is 0 Å². The number of benzene rings is 1. The van der Waals surface area contributed by atoms with Gasteiger partial charge in [-0.2, -0.15) is 0 Å². The fourth-order valence-electron chi connectivity index (χ4n) is 2.74. The maximum Gasteiger partial charge on any atom is 0.271 e. The van der Waals surface area contributed by atoms with Crippen LogP contribution in [0.25, 0.3) is 0 Å². The molecule has 4 N–H and O–H groups in total. The predicted molar refractivity (Wildman–Crippen MR) is 77.0 cm³/mol. The number of aliphatic hydroxyl groups is 2. The molecule has 2 unspecified atom stereocenters. The Kier molecular flexibility index (Phi) is 3.59. The molecule has 0 aromatic heterocycles. The van der Waals surface area contributed by atoms with Crippen molar-refractivity contribution in [3.8, 4) is 0 Å². The molecular formula is C13H16N4O5. The van der Waals surface area contributed by atoms with Crippen molar-refractivity contribution in [1.82, 2.24) is 4.90 Å². The van der Waals surface area contributed by atoms with Gasteiger partial charge in [0.2, 0.25) is 5.91 Å². The number of rotatable bonds is 3. The van der Waals surface area contributed by atoms with Crippen LogP contribution < -0.4 is 10.6 Å². The first-order valence-corrected chi connectivity index (χ1v) is 6.94. The van der Waals surface area contributed by atoms with Gasteiger partial charge in [0.15, 0.2) is 12.5 Å². The van der Waals surface area contributed by atoms with Crippen LogP contribution in [0.5, 0.6) is 0 Å².